The van der Waals surface area contributed by atoms with Crippen LogP contribution in [0.1, 0.15) is 15.2 Å². The molecule has 1 amide bonds. The Hall–Kier alpha value is -2.55. The summed E-state index contributed by atoms with van der Waals surface area (Å²) < 4.78 is 26.8. The number of halogens is 2. The molecule has 0 unspecified atom stereocenters. The van der Waals surface area contributed by atoms with Gasteiger partial charge < -0.3 is 11.1 Å². The third-order valence-electron chi connectivity index (χ3n) is 2.65. The number of carbonyl (C=O) groups is 1. The predicted molar refractivity (Wildman–Crippen MR) is 73.2 cm³/mol. The molecular formula is C12H9F2N3O3S. The maximum Gasteiger partial charge on any atom is 0.295 e. The van der Waals surface area contributed by atoms with Gasteiger partial charge in [0.1, 0.15) is 0 Å². The smallest absolute Gasteiger partial charge is 0.295 e. The Morgan fingerprint density at radius 1 is 1.43 bits per heavy atom. The third kappa shape index (κ3) is 3.14. The number of carbonyl (C=O) groups excluding carboxylic acids is 1. The van der Waals surface area contributed by atoms with Crippen LogP contribution in [0.3, 0.4) is 0 Å². The van der Waals surface area contributed by atoms with E-state index in [1.54, 1.807) is 0 Å². The van der Waals surface area contributed by atoms with E-state index in [1.165, 1.54) is 22.8 Å². The molecule has 0 aliphatic rings. The maximum absolute atomic E-state index is 13.6. The molecule has 0 saturated heterocycles. The summed E-state index contributed by atoms with van der Waals surface area (Å²) in [4.78, 5) is 21.5. The van der Waals surface area contributed by atoms with E-state index in [2.05, 4.69) is 5.32 Å². The zero-order valence-electron chi connectivity index (χ0n) is 10.4. The van der Waals surface area contributed by atoms with Crippen LogP contribution < -0.4 is 11.1 Å². The van der Waals surface area contributed by atoms with E-state index in [-0.39, 0.29) is 12.1 Å². The highest BCUT2D eigenvalue weighted by molar-refractivity contribution is 7.10. The fourth-order valence-corrected chi connectivity index (χ4v) is 2.45. The SMILES string of the molecule is NC(=O)c1csc(CNc2c([N+](=O)[O-])ccc(F)c2F)c1. The van der Waals surface area contributed by atoms with E-state index in [1.807, 2.05) is 0 Å². The summed E-state index contributed by atoms with van der Waals surface area (Å²) >= 11 is 1.17. The van der Waals surface area contributed by atoms with Gasteiger partial charge in [-0.1, -0.05) is 0 Å². The third-order valence-corrected chi connectivity index (χ3v) is 3.58. The number of thiophene rings is 1. The van der Waals surface area contributed by atoms with Crippen molar-refractivity contribution < 1.29 is 18.5 Å². The molecule has 2 aromatic rings. The van der Waals surface area contributed by atoms with Gasteiger partial charge in [-0.15, -0.1) is 11.3 Å². The summed E-state index contributed by atoms with van der Waals surface area (Å²) in [6.45, 7) is -0.000833. The molecule has 1 aromatic carbocycles. The Morgan fingerprint density at radius 2 is 2.14 bits per heavy atom. The van der Waals surface area contributed by atoms with Crippen LogP contribution in [0.15, 0.2) is 23.6 Å². The Bertz CT molecular complexity index is 718. The minimum atomic E-state index is -1.32. The number of primary amides is 1. The van der Waals surface area contributed by atoms with E-state index in [0.717, 1.165) is 6.07 Å². The molecular weight excluding hydrogens is 304 g/mol. The highest BCUT2D eigenvalue weighted by Crippen LogP contribution is 2.30. The molecule has 110 valence electrons. The molecule has 6 nitrogen and oxygen atoms in total. The van der Waals surface area contributed by atoms with Gasteiger partial charge in [-0.3, -0.25) is 14.9 Å². The molecule has 21 heavy (non-hydrogen) atoms. The number of hydrogen-bond donors (Lipinski definition) is 2. The molecule has 1 heterocycles. The van der Waals surface area contributed by atoms with Crippen molar-refractivity contribution in [2.75, 3.05) is 5.32 Å². The van der Waals surface area contributed by atoms with Crippen LogP contribution in [-0.4, -0.2) is 10.8 Å². The quantitative estimate of drug-likeness (QED) is 0.655. The number of nitrogens with one attached hydrogen (secondary N) is 1. The monoisotopic (exact) mass is 313 g/mol. The van der Waals surface area contributed by atoms with Crippen LogP contribution in [0.2, 0.25) is 0 Å². The van der Waals surface area contributed by atoms with Gasteiger partial charge in [-0.05, 0) is 12.1 Å². The lowest BCUT2D eigenvalue weighted by molar-refractivity contribution is -0.384. The van der Waals surface area contributed by atoms with Crippen molar-refractivity contribution in [3.05, 3.63) is 55.8 Å². The number of anilines is 1. The van der Waals surface area contributed by atoms with Crippen molar-refractivity contribution in [2.24, 2.45) is 5.73 Å². The normalized spacial score (nSPS) is 10.4. The van der Waals surface area contributed by atoms with Gasteiger partial charge in [-0.2, -0.15) is 0 Å². The molecule has 3 N–H and O–H groups in total. The lowest BCUT2D eigenvalue weighted by Crippen LogP contribution is -2.09. The molecule has 0 aliphatic carbocycles. The van der Waals surface area contributed by atoms with Gasteiger partial charge in [0.05, 0.1) is 10.5 Å². The molecule has 0 fully saturated rings. The molecule has 0 bridgehead atoms. The van der Waals surface area contributed by atoms with Crippen molar-refractivity contribution in [3.63, 3.8) is 0 Å². The average Bonchev–Trinajstić information content (AvgIpc) is 2.89. The second kappa shape index (κ2) is 5.83. The Morgan fingerprint density at radius 3 is 2.71 bits per heavy atom. The Kier molecular flexibility index (Phi) is 4.13. The molecule has 0 atom stereocenters. The van der Waals surface area contributed by atoms with Crippen molar-refractivity contribution in [3.8, 4) is 0 Å². The number of hydrogen-bond acceptors (Lipinski definition) is 5. The Labute approximate surface area is 121 Å². The minimum absolute atomic E-state index is 0.000833. The van der Waals surface area contributed by atoms with E-state index >= 15 is 0 Å². The van der Waals surface area contributed by atoms with E-state index in [4.69, 9.17) is 5.73 Å². The molecule has 0 spiro atoms. The summed E-state index contributed by atoms with van der Waals surface area (Å²) in [6, 6.07) is 3.04. The predicted octanol–water partition coefficient (Wildman–Crippen LogP) is 2.65. The lowest BCUT2D eigenvalue weighted by Gasteiger charge is -2.07. The van der Waals surface area contributed by atoms with Crippen LogP contribution in [0, 0.1) is 21.7 Å². The number of nitro groups is 1. The van der Waals surface area contributed by atoms with Gasteiger partial charge >= 0.3 is 0 Å². The van der Waals surface area contributed by atoms with Crippen LogP contribution in [-0.2, 0) is 6.54 Å². The van der Waals surface area contributed by atoms with Gasteiger partial charge in [-0.25, -0.2) is 8.78 Å². The first-order chi connectivity index (χ1) is 9.90. The second-order valence-electron chi connectivity index (χ2n) is 4.03. The van der Waals surface area contributed by atoms with Gasteiger partial charge in [0.2, 0.25) is 5.91 Å². The van der Waals surface area contributed by atoms with Crippen LogP contribution >= 0.6 is 11.3 Å². The molecule has 0 aliphatic heterocycles. The summed E-state index contributed by atoms with van der Waals surface area (Å²) in [6.07, 6.45) is 0. The highest BCUT2D eigenvalue weighted by atomic mass is 32.1. The number of nitrogens with two attached hydrogens (primary N) is 1. The first-order valence-corrected chi connectivity index (χ1v) is 6.51. The number of nitro benzene ring substituents is 1. The zero-order chi connectivity index (χ0) is 15.6. The van der Waals surface area contributed by atoms with Crippen molar-refractivity contribution >= 4 is 28.6 Å². The van der Waals surface area contributed by atoms with E-state index in [9.17, 15) is 23.7 Å². The van der Waals surface area contributed by atoms with Crippen LogP contribution in [0.25, 0.3) is 0 Å². The topological polar surface area (TPSA) is 98.3 Å². The van der Waals surface area contributed by atoms with Crippen LogP contribution in [0.5, 0.6) is 0 Å². The molecule has 9 heteroatoms. The zero-order valence-corrected chi connectivity index (χ0v) is 11.2. The standard InChI is InChI=1S/C12H9F2N3O3S/c13-8-1-2-9(17(19)20)11(10(8)14)16-4-7-3-6(5-21-7)12(15)18/h1-3,5,16H,4H2,(H2,15,18). The fourth-order valence-electron chi connectivity index (χ4n) is 1.64. The van der Waals surface area contributed by atoms with Crippen molar-refractivity contribution in [1.29, 1.82) is 0 Å². The summed E-state index contributed by atoms with van der Waals surface area (Å²) in [5, 5.41) is 14.8. The molecule has 2 rings (SSSR count). The summed E-state index contributed by atoms with van der Waals surface area (Å²) in [7, 11) is 0. The van der Waals surface area contributed by atoms with Gasteiger partial charge in [0.15, 0.2) is 17.3 Å². The lowest BCUT2D eigenvalue weighted by atomic mass is 10.2. The molecule has 0 radical (unpaired) electrons. The number of amides is 1. The summed E-state index contributed by atoms with van der Waals surface area (Å²) in [5.41, 5.74) is 4.27. The van der Waals surface area contributed by atoms with Crippen LogP contribution in [0.4, 0.5) is 20.2 Å². The summed E-state index contributed by atoms with van der Waals surface area (Å²) in [5.74, 6) is -3.12. The first kappa shape index (κ1) is 14.9. The van der Waals surface area contributed by atoms with E-state index < -0.39 is 33.8 Å². The number of benzene rings is 1. The van der Waals surface area contributed by atoms with Gasteiger partial charge in [0.25, 0.3) is 5.69 Å². The highest BCUT2D eigenvalue weighted by Gasteiger charge is 2.21. The van der Waals surface area contributed by atoms with Gasteiger partial charge in [0, 0.05) is 22.9 Å². The molecule has 1 aromatic heterocycles. The Balaban J connectivity index is 2.24. The van der Waals surface area contributed by atoms with E-state index in [0.29, 0.717) is 10.9 Å². The average molecular weight is 313 g/mol. The largest absolute Gasteiger partial charge is 0.372 e. The first-order valence-electron chi connectivity index (χ1n) is 5.63. The van der Waals surface area contributed by atoms with Crippen molar-refractivity contribution in [1.82, 2.24) is 0 Å². The number of nitrogens with zero attached hydrogens (tertiary/aromatic N) is 1. The minimum Gasteiger partial charge on any atom is -0.372 e. The fraction of sp³-hybridized carbons (Fsp3) is 0.0833. The number of rotatable bonds is 5. The van der Waals surface area contributed by atoms with Crippen molar-refractivity contribution in [2.45, 2.75) is 6.54 Å². The molecule has 0 saturated carbocycles. The maximum atomic E-state index is 13.6. The second-order valence-corrected chi connectivity index (χ2v) is 5.03.